The summed E-state index contributed by atoms with van der Waals surface area (Å²) in [5, 5.41) is 8.57. The van der Waals surface area contributed by atoms with Gasteiger partial charge in [0.1, 0.15) is 5.75 Å². The number of aliphatic carboxylic acids is 1. The highest BCUT2D eigenvalue weighted by atomic mass is 16.5. The van der Waals surface area contributed by atoms with E-state index >= 15 is 0 Å². The van der Waals surface area contributed by atoms with Crippen LogP contribution in [0.5, 0.6) is 5.75 Å². The van der Waals surface area contributed by atoms with Crippen molar-refractivity contribution in [3.63, 3.8) is 0 Å². The lowest BCUT2D eigenvalue weighted by molar-refractivity contribution is -0.139. The largest absolute Gasteiger partial charge is 0.482 e. The van der Waals surface area contributed by atoms with Crippen LogP contribution in [-0.2, 0) is 22.6 Å². The molecule has 1 aromatic heterocycles. The predicted molar refractivity (Wildman–Crippen MR) is 88.7 cm³/mol. The molecule has 2 aromatic rings. The molecule has 24 heavy (non-hydrogen) atoms. The third-order valence-electron chi connectivity index (χ3n) is 3.46. The van der Waals surface area contributed by atoms with Gasteiger partial charge < -0.3 is 14.7 Å². The minimum absolute atomic E-state index is 0.00635. The fraction of sp³-hybridized carbons (Fsp3) is 0.278. The van der Waals surface area contributed by atoms with E-state index in [-0.39, 0.29) is 12.5 Å². The number of aryl methyl sites for hydroxylation is 1. The lowest BCUT2D eigenvalue weighted by Gasteiger charge is -2.17. The first kappa shape index (κ1) is 17.5. The van der Waals surface area contributed by atoms with Crippen LogP contribution in [-0.4, -0.2) is 40.5 Å². The van der Waals surface area contributed by atoms with Crippen molar-refractivity contribution in [2.75, 3.05) is 13.7 Å². The molecule has 126 valence electrons. The number of benzene rings is 1. The van der Waals surface area contributed by atoms with Gasteiger partial charge in [-0.05, 0) is 36.2 Å². The Morgan fingerprint density at radius 1 is 1.12 bits per heavy atom. The van der Waals surface area contributed by atoms with Crippen LogP contribution < -0.4 is 4.74 Å². The molecule has 6 nitrogen and oxygen atoms in total. The summed E-state index contributed by atoms with van der Waals surface area (Å²) in [6.45, 7) is 2.00. The Morgan fingerprint density at radius 2 is 1.79 bits per heavy atom. The number of carboxylic acids is 1. The lowest BCUT2D eigenvalue weighted by atomic mass is 10.1. The number of amides is 1. The first-order valence-electron chi connectivity index (χ1n) is 7.53. The third kappa shape index (κ3) is 5.39. The molecule has 0 atom stereocenters. The van der Waals surface area contributed by atoms with Crippen LogP contribution in [0, 0.1) is 6.92 Å². The second-order valence-electron chi connectivity index (χ2n) is 5.56. The van der Waals surface area contributed by atoms with Crippen LogP contribution in [0.1, 0.15) is 16.8 Å². The van der Waals surface area contributed by atoms with Crippen LogP contribution >= 0.6 is 0 Å². The Hall–Kier alpha value is -2.89. The highest BCUT2D eigenvalue weighted by Gasteiger charge is 2.10. The topological polar surface area (TPSA) is 79.7 Å². The van der Waals surface area contributed by atoms with Crippen molar-refractivity contribution in [2.24, 2.45) is 0 Å². The molecule has 0 bridgehead atoms. The van der Waals surface area contributed by atoms with Crippen LogP contribution in [0.4, 0.5) is 0 Å². The zero-order chi connectivity index (χ0) is 17.5. The summed E-state index contributed by atoms with van der Waals surface area (Å²) in [6, 6.07) is 10.8. The number of aromatic nitrogens is 1. The number of ether oxygens (including phenoxy) is 1. The summed E-state index contributed by atoms with van der Waals surface area (Å²) in [7, 11) is 1.75. The monoisotopic (exact) mass is 328 g/mol. The summed E-state index contributed by atoms with van der Waals surface area (Å²) in [4.78, 5) is 28.5. The van der Waals surface area contributed by atoms with Gasteiger partial charge in [-0.15, -0.1) is 0 Å². The smallest absolute Gasteiger partial charge is 0.341 e. The summed E-state index contributed by atoms with van der Waals surface area (Å²) in [5.41, 5.74) is 2.75. The number of rotatable bonds is 7. The average molecular weight is 328 g/mol. The normalized spacial score (nSPS) is 10.2. The zero-order valence-corrected chi connectivity index (χ0v) is 13.7. The molecule has 0 spiro atoms. The Bertz CT molecular complexity index is 696. The van der Waals surface area contributed by atoms with E-state index < -0.39 is 5.97 Å². The summed E-state index contributed by atoms with van der Waals surface area (Å²) in [5.74, 6) is -0.525. The second-order valence-corrected chi connectivity index (χ2v) is 5.56. The first-order chi connectivity index (χ1) is 11.4. The van der Waals surface area contributed by atoms with E-state index in [2.05, 4.69) is 4.98 Å². The van der Waals surface area contributed by atoms with Crippen LogP contribution in [0.15, 0.2) is 42.6 Å². The number of likely N-dealkylation sites (N-methyl/N-ethyl adjacent to an activating group) is 1. The van der Waals surface area contributed by atoms with Gasteiger partial charge >= 0.3 is 5.97 Å². The quantitative estimate of drug-likeness (QED) is 0.841. The first-order valence-corrected chi connectivity index (χ1v) is 7.53. The summed E-state index contributed by atoms with van der Waals surface area (Å²) < 4.78 is 5.08. The summed E-state index contributed by atoms with van der Waals surface area (Å²) in [6.07, 6.45) is 2.03. The molecule has 0 fully saturated rings. The number of hydrogen-bond donors (Lipinski definition) is 1. The van der Waals surface area contributed by atoms with Gasteiger partial charge in [0.05, 0.1) is 6.42 Å². The zero-order valence-electron chi connectivity index (χ0n) is 13.7. The number of carboxylic acid groups (broad SMARTS) is 1. The minimum Gasteiger partial charge on any atom is -0.482 e. The molecular weight excluding hydrogens is 308 g/mol. The van der Waals surface area contributed by atoms with Crippen molar-refractivity contribution in [3.8, 4) is 5.75 Å². The van der Waals surface area contributed by atoms with Gasteiger partial charge in [-0.3, -0.25) is 9.78 Å². The van der Waals surface area contributed by atoms with Crippen molar-refractivity contribution in [2.45, 2.75) is 19.9 Å². The highest BCUT2D eigenvalue weighted by Crippen LogP contribution is 2.14. The molecule has 1 aromatic carbocycles. The number of carbonyl (C=O) groups excluding carboxylic acids is 1. The second kappa shape index (κ2) is 8.10. The molecule has 6 heteroatoms. The minimum atomic E-state index is -1.02. The van der Waals surface area contributed by atoms with Gasteiger partial charge in [0.15, 0.2) is 6.61 Å². The summed E-state index contributed by atoms with van der Waals surface area (Å²) >= 11 is 0. The number of pyridine rings is 1. The van der Waals surface area contributed by atoms with Crippen molar-refractivity contribution >= 4 is 11.9 Å². The average Bonchev–Trinajstić information content (AvgIpc) is 2.56. The fourth-order valence-electron chi connectivity index (χ4n) is 2.11. The molecule has 1 amide bonds. The molecule has 1 N–H and O–H groups in total. The Kier molecular flexibility index (Phi) is 5.89. The van der Waals surface area contributed by atoms with E-state index in [0.717, 1.165) is 16.8 Å². The molecule has 0 saturated heterocycles. The number of carbonyl (C=O) groups is 2. The molecule has 0 unspecified atom stereocenters. The highest BCUT2D eigenvalue weighted by molar-refractivity contribution is 5.78. The van der Waals surface area contributed by atoms with Crippen molar-refractivity contribution in [3.05, 3.63) is 59.4 Å². The molecule has 0 aliphatic heterocycles. The molecule has 0 radical (unpaired) electrons. The van der Waals surface area contributed by atoms with Crippen molar-refractivity contribution in [1.82, 2.24) is 9.88 Å². The lowest BCUT2D eigenvalue weighted by Crippen LogP contribution is -2.27. The molecule has 0 saturated carbocycles. The fourth-order valence-corrected chi connectivity index (χ4v) is 2.11. The predicted octanol–water partition coefficient (Wildman–Crippen LogP) is 2.05. The van der Waals surface area contributed by atoms with Gasteiger partial charge in [0.2, 0.25) is 5.91 Å². The third-order valence-corrected chi connectivity index (χ3v) is 3.46. The molecule has 0 aliphatic carbocycles. The number of hydrogen-bond acceptors (Lipinski definition) is 4. The van der Waals surface area contributed by atoms with Gasteiger partial charge in [0.25, 0.3) is 0 Å². The number of nitrogens with zero attached hydrogens (tertiary/aromatic N) is 2. The maximum absolute atomic E-state index is 12.3. The van der Waals surface area contributed by atoms with Crippen LogP contribution in [0.3, 0.4) is 0 Å². The molecule has 2 rings (SSSR count). The van der Waals surface area contributed by atoms with Gasteiger partial charge in [-0.2, -0.15) is 0 Å². The van der Waals surface area contributed by atoms with Crippen LogP contribution in [0.25, 0.3) is 0 Å². The van der Waals surface area contributed by atoms with E-state index in [4.69, 9.17) is 9.84 Å². The SMILES string of the molecule is Cc1ccc(CC(=O)N(C)Cc2ccc(OCC(=O)O)cc2)cn1. The van der Waals surface area contributed by atoms with Gasteiger partial charge in [-0.1, -0.05) is 18.2 Å². The Morgan fingerprint density at radius 3 is 2.38 bits per heavy atom. The van der Waals surface area contributed by atoms with Crippen LogP contribution in [0.2, 0.25) is 0 Å². The maximum atomic E-state index is 12.3. The molecule has 0 aliphatic rings. The standard InChI is InChI=1S/C18H20N2O4/c1-13-3-4-15(10-19-13)9-17(21)20(2)11-14-5-7-16(8-6-14)24-12-18(22)23/h3-8,10H,9,11-12H2,1-2H3,(H,22,23). The van der Waals surface area contributed by atoms with Crippen molar-refractivity contribution in [1.29, 1.82) is 0 Å². The van der Waals surface area contributed by atoms with Gasteiger partial charge in [-0.25, -0.2) is 4.79 Å². The van der Waals surface area contributed by atoms with Crippen molar-refractivity contribution < 1.29 is 19.4 Å². The van der Waals surface area contributed by atoms with E-state index in [0.29, 0.717) is 18.7 Å². The maximum Gasteiger partial charge on any atom is 0.341 e. The van der Waals surface area contributed by atoms with E-state index in [1.165, 1.54) is 0 Å². The molecular formula is C18H20N2O4. The Labute approximate surface area is 140 Å². The molecule has 1 heterocycles. The van der Waals surface area contributed by atoms with E-state index in [1.807, 2.05) is 31.2 Å². The van der Waals surface area contributed by atoms with E-state index in [9.17, 15) is 9.59 Å². The van der Waals surface area contributed by atoms with Gasteiger partial charge in [0, 0.05) is 25.5 Å². The Balaban J connectivity index is 1.88. The van der Waals surface area contributed by atoms with E-state index in [1.54, 1.807) is 30.3 Å².